The molecular formula is C20H15N3O5S. The number of carboxylic acid groups (broad SMARTS) is 1. The number of non-ortho nitro benzene ring substituents is 1. The Morgan fingerprint density at radius 3 is 2.45 bits per heavy atom. The lowest BCUT2D eigenvalue weighted by molar-refractivity contribution is -0.384. The van der Waals surface area contributed by atoms with Crippen molar-refractivity contribution in [3.8, 4) is 33.6 Å². The van der Waals surface area contributed by atoms with Crippen molar-refractivity contribution in [2.75, 3.05) is 0 Å². The highest BCUT2D eigenvalue weighted by Gasteiger charge is 2.21. The van der Waals surface area contributed by atoms with Crippen molar-refractivity contribution in [3.05, 3.63) is 63.0 Å². The maximum absolute atomic E-state index is 11.7. The fraction of sp³-hybridized carbons (Fsp3) is 0.150. The highest BCUT2D eigenvalue weighted by atomic mass is 32.1. The average molecular weight is 409 g/mol. The van der Waals surface area contributed by atoms with Crippen molar-refractivity contribution < 1.29 is 19.6 Å². The molecule has 0 amide bonds. The molecule has 29 heavy (non-hydrogen) atoms. The van der Waals surface area contributed by atoms with Crippen LogP contribution in [-0.2, 0) is 0 Å². The van der Waals surface area contributed by atoms with Crippen LogP contribution in [0.5, 0.6) is 5.75 Å². The molecule has 0 saturated heterocycles. The Balaban J connectivity index is 2.06. The molecule has 146 valence electrons. The third kappa shape index (κ3) is 4.23. The van der Waals surface area contributed by atoms with Gasteiger partial charge in [0.2, 0.25) is 0 Å². The molecule has 0 bridgehead atoms. The van der Waals surface area contributed by atoms with Gasteiger partial charge in [-0.15, -0.1) is 11.3 Å². The third-order valence-electron chi connectivity index (χ3n) is 3.88. The molecule has 0 aliphatic carbocycles. The molecule has 0 aliphatic heterocycles. The van der Waals surface area contributed by atoms with Crippen LogP contribution >= 0.6 is 11.3 Å². The second-order valence-electron chi connectivity index (χ2n) is 6.30. The van der Waals surface area contributed by atoms with Crippen LogP contribution in [0.15, 0.2) is 42.5 Å². The van der Waals surface area contributed by atoms with Crippen molar-refractivity contribution >= 4 is 23.0 Å². The lowest BCUT2D eigenvalue weighted by Gasteiger charge is -2.11. The first-order valence-electron chi connectivity index (χ1n) is 8.50. The number of aromatic nitrogens is 1. The van der Waals surface area contributed by atoms with E-state index in [4.69, 9.17) is 4.74 Å². The smallest absolute Gasteiger partial charge is 0.348 e. The monoisotopic (exact) mass is 409 g/mol. The summed E-state index contributed by atoms with van der Waals surface area (Å²) >= 11 is 0.970. The molecule has 0 aliphatic rings. The van der Waals surface area contributed by atoms with Crippen LogP contribution in [0.2, 0.25) is 0 Å². The van der Waals surface area contributed by atoms with Crippen molar-refractivity contribution in [3.63, 3.8) is 0 Å². The maximum atomic E-state index is 11.7. The van der Waals surface area contributed by atoms with E-state index >= 15 is 0 Å². The molecule has 0 atom stereocenters. The number of carboxylic acids is 1. The number of nitro groups is 1. The minimum absolute atomic E-state index is 0.00914. The van der Waals surface area contributed by atoms with Crippen molar-refractivity contribution in [2.24, 2.45) is 0 Å². The van der Waals surface area contributed by atoms with E-state index in [0.29, 0.717) is 27.4 Å². The van der Waals surface area contributed by atoms with Crippen molar-refractivity contribution in [1.82, 2.24) is 4.98 Å². The lowest BCUT2D eigenvalue weighted by Crippen LogP contribution is -2.06. The Morgan fingerprint density at radius 1 is 1.24 bits per heavy atom. The van der Waals surface area contributed by atoms with E-state index < -0.39 is 10.9 Å². The van der Waals surface area contributed by atoms with E-state index in [1.54, 1.807) is 18.2 Å². The number of hydrogen-bond acceptors (Lipinski definition) is 7. The first-order chi connectivity index (χ1) is 13.8. The van der Waals surface area contributed by atoms with E-state index in [9.17, 15) is 25.3 Å². The lowest BCUT2D eigenvalue weighted by atomic mass is 10.1. The number of nitrogens with zero attached hydrogens (tertiary/aromatic N) is 3. The highest BCUT2D eigenvalue weighted by molar-refractivity contribution is 7.17. The highest BCUT2D eigenvalue weighted by Crippen LogP contribution is 2.36. The number of hydrogen-bond donors (Lipinski definition) is 1. The van der Waals surface area contributed by atoms with E-state index in [2.05, 4.69) is 11.1 Å². The summed E-state index contributed by atoms with van der Waals surface area (Å²) in [6.07, 6.45) is -0.0971. The second-order valence-corrected chi connectivity index (χ2v) is 7.29. The summed E-state index contributed by atoms with van der Waals surface area (Å²) in [5.41, 5.74) is 1.48. The molecule has 1 N–H and O–H groups in total. The molecule has 3 rings (SSSR count). The molecule has 0 radical (unpaired) electrons. The van der Waals surface area contributed by atoms with Crippen LogP contribution < -0.4 is 4.74 Å². The van der Waals surface area contributed by atoms with E-state index in [-0.39, 0.29) is 22.4 Å². The molecule has 3 aromatic rings. The molecule has 0 fully saturated rings. The van der Waals surface area contributed by atoms with E-state index in [1.807, 2.05) is 13.8 Å². The second kappa shape index (κ2) is 8.08. The third-order valence-corrected chi connectivity index (χ3v) is 4.98. The van der Waals surface area contributed by atoms with Gasteiger partial charge in [0.15, 0.2) is 0 Å². The zero-order valence-electron chi connectivity index (χ0n) is 15.4. The molecular weight excluding hydrogens is 394 g/mol. The summed E-state index contributed by atoms with van der Waals surface area (Å²) in [5.74, 6) is -0.709. The van der Waals surface area contributed by atoms with Gasteiger partial charge in [-0.2, -0.15) is 5.26 Å². The zero-order chi connectivity index (χ0) is 21.1. The van der Waals surface area contributed by atoms with Gasteiger partial charge in [-0.25, -0.2) is 9.78 Å². The van der Waals surface area contributed by atoms with E-state index in [0.717, 1.165) is 11.3 Å². The van der Waals surface area contributed by atoms with Crippen molar-refractivity contribution in [2.45, 2.75) is 20.0 Å². The summed E-state index contributed by atoms with van der Waals surface area (Å²) in [5, 5.41) is 30.2. The Morgan fingerprint density at radius 2 is 1.90 bits per heavy atom. The zero-order valence-corrected chi connectivity index (χ0v) is 16.3. The van der Waals surface area contributed by atoms with Gasteiger partial charge in [0, 0.05) is 23.3 Å². The van der Waals surface area contributed by atoms with Gasteiger partial charge in [0.1, 0.15) is 21.7 Å². The van der Waals surface area contributed by atoms with Gasteiger partial charge in [-0.05, 0) is 44.2 Å². The van der Waals surface area contributed by atoms with Gasteiger partial charge in [0.05, 0.1) is 22.3 Å². The van der Waals surface area contributed by atoms with Gasteiger partial charge in [-0.3, -0.25) is 10.1 Å². The van der Waals surface area contributed by atoms with Gasteiger partial charge in [-0.1, -0.05) is 0 Å². The summed E-state index contributed by atoms with van der Waals surface area (Å²) in [6.45, 7) is 3.71. The SMILES string of the molecule is CC(C)Oc1ccc(-c2nc(-c3ccc([N+](=O)[O-])cc3)c(C(=O)O)s2)cc1C#N. The summed E-state index contributed by atoms with van der Waals surface area (Å²) < 4.78 is 5.61. The number of benzene rings is 2. The molecule has 8 nitrogen and oxygen atoms in total. The topological polar surface area (TPSA) is 126 Å². The molecule has 9 heteroatoms. The summed E-state index contributed by atoms with van der Waals surface area (Å²) in [7, 11) is 0. The Kier molecular flexibility index (Phi) is 5.57. The van der Waals surface area contributed by atoms with Crippen LogP contribution in [0.1, 0.15) is 29.1 Å². The fourth-order valence-electron chi connectivity index (χ4n) is 2.63. The molecule has 0 saturated carbocycles. The standard InChI is InChI=1S/C20H15N3O5S/c1-11(2)28-16-8-5-13(9-14(16)10-21)19-22-17(18(29-19)20(24)25)12-3-6-15(7-4-12)23(26)27/h3-9,11H,1-2H3,(H,24,25). The van der Waals surface area contributed by atoms with E-state index in [1.165, 1.54) is 24.3 Å². The van der Waals surface area contributed by atoms with Gasteiger partial charge < -0.3 is 9.84 Å². The quantitative estimate of drug-likeness (QED) is 0.460. The van der Waals surface area contributed by atoms with Gasteiger partial charge in [0.25, 0.3) is 5.69 Å². The average Bonchev–Trinajstić information content (AvgIpc) is 3.13. The predicted molar refractivity (Wildman–Crippen MR) is 107 cm³/mol. The summed E-state index contributed by atoms with van der Waals surface area (Å²) in [6, 6.07) is 12.6. The predicted octanol–water partition coefficient (Wildman–Crippen LogP) is 4.74. The number of carbonyl (C=O) groups is 1. The van der Waals surface area contributed by atoms with Crippen LogP contribution in [0.3, 0.4) is 0 Å². The number of thiazole rings is 1. The van der Waals surface area contributed by atoms with Crippen LogP contribution in [0.25, 0.3) is 21.8 Å². The first kappa shape index (κ1) is 20.0. The summed E-state index contributed by atoms with van der Waals surface area (Å²) in [4.78, 5) is 26.4. The number of nitriles is 1. The Hall–Kier alpha value is -3.77. The van der Waals surface area contributed by atoms with Crippen molar-refractivity contribution in [1.29, 1.82) is 5.26 Å². The normalized spacial score (nSPS) is 10.6. The maximum Gasteiger partial charge on any atom is 0.348 e. The number of ether oxygens (including phenoxy) is 1. The number of aromatic carboxylic acids is 1. The molecule has 1 aromatic heterocycles. The number of rotatable bonds is 6. The number of nitro benzene ring substituents is 1. The molecule has 0 spiro atoms. The Bertz CT molecular complexity index is 1130. The Labute approximate surface area is 169 Å². The first-order valence-corrected chi connectivity index (χ1v) is 9.32. The minimum atomic E-state index is -1.15. The van der Waals surface area contributed by atoms with Gasteiger partial charge >= 0.3 is 5.97 Å². The minimum Gasteiger partial charge on any atom is -0.490 e. The largest absolute Gasteiger partial charge is 0.490 e. The van der Waals surface area contributed by atoms with Crippen LogP contribution in [0.4, 0.5) is 5.69 Å². The fourth-order valence-corrected chi connectivity index (χ4v) is 3.55. The molecule has 0 unspecified atom stereocenters. The molecule has 1 heterocycles. The molecule has 2 aromatic carbocycles. The van der Waals surface area contributed by atoms with Crippen LogP contribution in [-0.4, -0.2) is 27.1 Å². The van der Waals surface area contributed by atoms with Crippen LogP contribution in [0, 0.1) is 21.4 Å².